The van der Waals surface area contributed by atoms with E-state index in [0.29, 0.717) is 70.1 Å². The molecule has 1 aromatic heterocycles. The van der Waals surface area contributed by atoms with Gasteiger partial charge >= 0.3 is 0 Å². The van der Waals surface area contributed by atoms with Crippen LogP contribution in [0, 0.1) is 0 Å². The molecule has 198 valence electrons. The first kappa shape index (κ1) is 28.1. The molecule has 0 unspecified atom stereocenters. The molecule has 0 aliphatic carbocycles. The quantitative estimate of drug-likeness (QED) is 0.210. The van der Waals surface area contributed by atoms with Gasteiger partial charge in [0.15, 0.2) is 15.8 Å². The molecule has 37 heavy (non-hydrogen) atoms. The molecule has 1 heterocycles. The summed E-state index contributed by atoms with van der Waals surface area (Å²) in [6, 6.07) is 10.5. The minimum Gasteiger partial charge on any atom is -0.492 e. The fraction of sp³-hybridized carbons (Fsp3) is 0.360. The maximum atomic E-state index is 13.0. The molecule has 0 fully saturated rings. The summed E-state index contributed by atoms with van der Waals surface area (Å²) in [5, 5.41) is 14.0. The van der Waals surface area contributed by atoms with Crippen LogP contribution < -0.4 is 29.6 Å². The van der Waals surface area contributed by atoms with Crippen LogP contribution in [-0.4, -0.2) is 54.2 Å². The third kappa shape index (κ3) is 7.99. The van der Waals surface area contributed by atoms with Crippen molar-refractivity contribution >= 4 is 45.7 Å². The molecule has 0 bridgehead atoms. The summed E-state index contributed by atoms with van der Waals surface area (Å²) in [6.07, 6.45) is 0. The number of thioether (sulfide) groups is 1. The first-order chi connectivity index (χ1) is 18.0. The van der Waals surface area contributed by atoms with Crippen molar-refractivity contribution in [2.24, 2.45) is 0 Å². The summed E-state index contributed by atoms with van der Waals surface area (Å²) in [5.41, 5.74) is 0.931. The van der Waals surface area contributed by atoms with Crippen LogP contribution in [0.15, 0.2) is 40.7 Å². The number of rotatable bonds is 14. The number of carbonyl (C=O) groups is 2. The Morgan fingerprint density at radius 2 is 1.46 bits per heavy atom. The lowest BCUT2D eigenvalue weighted by atomic mass is 10.1. The summed E-state index contributed by atoms with van der Waals surface area (Å²) in [7, 11) is 0. The molecule has 2 amide bonds. The van der Waals surface area contributed by atoms with Crippen molar-refractivity contribution in [3.05, 3.63) is 42.0 Å². The highest BCUT2D eigenvalue weighted by Gasteiger charge is 2.20. The predicted molar refractivity (Wildman–Crippen MR) is 145 cm³/mol. The maximum absolute atomic E-state index is 13.0. The Morgan fingerprint density at radius 1 is 0.838 bits per heavy atom. The van der Waals surface area contributed by atoms with Gasteiger partial charge in [-0.1, -0.05) is 35.2 Å². The minimum absolute atomic E-state index is 0.122. The van der Waals surface area contributed by atoms with Crippen LogP contribution in [0.1, 0.15) is 38.1 Å². The molecule has 2 aromatic carbocycles. The number of nitrogens with zero attached hydrogens (tertiary/aromatic N) is 2. The van der Waals surface area contributed by atoms with Crippen molar-refractivity contribution in [1.29, 1.82) is 0 Å². The number of ether oxygens (including phenoxy) is 4. The van der Waals surface area contributed by atoms with Crippen LogP contribution in [-0.2, 0) is 4.79 Å². The molecule has 0 radical (unpaired) electrons. The lowest BCUT2D eigenvalue weighted by Crippen LogP contribution is -2.14. The van der Waals surface area contributed by atoms with Gasteiger partial charge < -0.3 is 24.3 Å². The molecule has 10 nitrogen and oxygen atoms in total. The van der Waals surface area contributed by atoms with E-state index in [-0.39, 0.29) is 11.7 Å². The van der Waals surface area contributed by atoms with Gasteiger partial charge in [0.2, 0.25) is 16.8 Å². The summed E-state index contributed by atoms with van der Waals surface area (Å²) in [6.45, 7) is 9.16. The average Bonchev–Trinajstić information content (AvgIpc) is 3.33. The third-order valence-electron chi connectivity index (χ3n) is 4.59. The molecule has 0 atom stereocenters. The Bertz CT molecular complexity index is 1180. The Hall–Kier alpha value is -3.51. The van der Waals surface area contributed by atoms with Gasteiger partial charge in [-0.25, -0.2) is 0 Å². The highest BCUT2D eigenvalue weighted by molar-refractivity contribution is 8.01. The zero-order chi connectivity index (χ0) is 26.6. The molecule has 2 N–H and O–H groups in total. The zero-order valence-electron chi connectivity index (χ0n) is 21.2. The first-order valence-electron chi connectivity index (χ1n) is 11.8. The van der Waals surface area contributed by atoms with Crippen molar-refractivity contribution in [2.75, 3.05) is 42.8 Å². The average molecular weight is 547 g/mol. The van der Waals surface area contributed by atoms with Gasteiger partial charge in [-0.3, -0.25) is 14.9 Å². The summed E-state index contributed by atoms with van der Waals surface area (Å²) in [5.74, 6) is 1.43. The second kappa shape index (κ2) is 14.3. The van der Waals surface area contributed by atoms with Gasteiger partial charge in [0.1, 0.15) is 5.75 Å². The van der Waals surface area contributed by atoms with Gasteiger partial charge in [0.05, 0.1) is 37.9 Å². The van der Waals surface area contributed by atoms with Crippen molar-refractivity contribution in [1.82, 2.24) is 10.2 Å². The van der Waals surface area contributed by atoms with Crippen molar-refractivity contribution in [3.8, 4) is 23.0 Å². The van der Waals surface area contributed by atoms with Crippen LogP contribution in [0.4, 0.5) is 10.8 Å². The molecule has 0 aliphatic heterocycles. The van der Waals surface area contributed by atoms with Crippen molar-refractivity contribution < 1.29 is 28.5 Å². The van der Waals surface area contributed by atoms with Crippen LogP contribution in [0.5, 0.6) is 23.0 Å². The van der Waals surface area contributed by atoms with Crippen LogP contribution in [0.2, 0.25) is 0 Å². The summed E-state index contributed by atoms with van der Waals surface area (Å²) >= 11 is 2.39. The van der Waals surface area contributed by atoms with E-state index in [1.54, 1.807) is 24.3 Å². The monoisotopic (exact) mass is 546 g/mol. The molecule has 0 saturated carbocycles. The van der Waals surface area contributed by atoms with E-state index >= 15 is 0 Å². The second-order valence-corrected chi connectivity index (χ2v) is 9.39. The Labute approximate surface area is 224 Å². The second-order valence-electron chi connectivity index (χ2n) is 7.19. The van der Waals surface area contributed by atoms with Gasteiger partial charge in [0.25, 0.3) is 5.91 Å². The third-order valence-corrected chi connectivity index (χ3v) is 6.56. The van der Waals surface area contributed by atoms with Gasteiger partial charge in [-0.05, 0) is 52.0 Å². The fourth-order valence-corrected chi connectivity index (χ4v) is 4.72. The number of para-hydroxylation sites is 2. The van der Waals surface area contributed by atoms with Crippen molar-refractivity contribution in [2.45, 2.75) is 32.0 Å². The molecule has 3 aromatic rings. The van der Waals surface area contributed by atoms with Crippen molar-refractivity contribution in [3.63, 3.8) is 0 Å². The lowest BCUT2D eigenvalue weighted by molar-refractivity contribution is -0.113. The molecular weight excluding hydrogens is 516 g/mol. The van der Waals surface area contributed by atoms with E-state index in [9.17, 15) is 9.59 Å². The number of hydrogen-bond acceptors (Lipinski definition) is 10. The van der Waals surface area contributed by atoms with Gasteiger partial charge in [-0.15, -0.1) is 10.2 Å². The highest BCUT2D eigenvalue weighted by Crippen LogP contribution is 2.39. The number of amides is 2. The Kier molecular flexibility index (Phi) is 10.8. The highest BCUT2D eigenvalue weighted by atomic mass is 32.2. The topological polar surface area (TPSA) is 121 Å². The molecule has 0 saturated heterocycles. The predicted octanol–water partition coefficient (Wildman–Crippen LogP) is 5.12. The van der Waals surface area contributed by atoms with E-state index in [4.69, 9.17) is 18.9 Å². The number of anilines is 2. The number of aromatic nitrogens is 2. The van der Waals surface area contributed by atoms with E-state index in [0.717, 1.165) is 0 Å². The molecule has 0 spiro atoms. The van der Waals surface area contributed by atoms with Crippen LogP contribution in [0.25, 0.3) is 0 Å². The molecular formula is C25H30N4O6S2. The SMILES string of the molecule is CCOc1ccccc1NC(=O)CSc1nnc(NC(=O)c2cc(OCC)c(OCC)c(OCC)c2)s1. The van der Waals surface area contributed by atoms with Crippen LogP contribution >= 0.6 is 23.1 Å². The first-order valence-corrected chi connectivity index (χ1v) is 13.6. The van der Waals surface area contributed by atoms with E-state index in [1.807, 2.05) is 39.8 Å². The molecule has 0 aliphatic rings. The fourth-order valence-electron chi connectivity index (χ4n) is 3.17. The maximum Gasteiger partial charge on any atom is 0.257 e. The summed E-state index contributed by atoms with van der Waals surface area (Å²) < 4.78 is 23.1. The number of benzene rings is 2. The standard InChI is InChI=1S/C25H30N4O6S2/c1-5-32-18-12-10-9-11-17(18)26-21(30)15-36-25-29-28-24(37-25)27-23(31)16-13-19(33-6-2)22(35-8-4)20(14-16)34-7-3/h9-14H,5-8,15H2,1-4H3,(H,26,30)(H,27,28,31). The summed E-state index contributed by atoms with van der Waals surface area (Å²) in [4.78, 5) is 25.4. The van der Waals surface area contributed by atoms with Crippen LogP contribution in [0.3, 0.4) is 0 Å². The number of nitrogens with one attached hydrogen (secondary N) is 2. The number of hydrogen-bond donors (Lipinski definition) is 2. The normalized spacial score (nSPS) is 10.5. The Balaban J connectivity index is 1.63. The molecule has 3 rings (SSSR count). The van der Waals surface area contributed by atoms with E-state index in [1.165, 1.54) is 23.1 Å². The van der Waals surface area contributed by atoms with Gasteiger partial charge in [-0.2, -0.15) is 0 Å². The number of carbonyl (C=O) groups excluding carboxylic acids is 2. The zero-order valence-corrected chi connectivity index (χ0v) is 22.8. The van der Waals surface area contributed by atoms with E-state index < -0.39 is 5.91 Å². The minimum atomic E-state index is -0.400. The van der Waals surface area contributed by atoms with E-state index in [2.05, 4.69) is 20.8 Å². The smallest absolute Gasteiger partial charge is 0.257 e. The Morgan fingerprint density at radius 3 is 2.11 bits per heavy atom. The van der Waals surface area contributed by atoms with Gasteiger partial charge in [0, 0.05) is 5.56 Å². The largest absolute Gasteiger partial charge is 0.492 e. The molecule has 12 heteroatoms. The lowest BCUT2D eigenvalue weighted by Gasteiger charge is -2.16.